The molecular weight excluding hydrogens is 544 g/mol. The lowest BCUT2D eigenvalue weighted by Crippen LogP contribution is -2.52. The molecule has 2 aromatic carbocycles. The Bertz CT molecular complexity index is 1250. The minimum atomic E-state index is -1.01. The number of hydrogen-bond donors (Lipinski definition) is 0. The maximum Gasteiger partial charge on any atom is 0.262 e. The monoisotopic (exact) mass is 576 g/mol. The van der Waals surface area contributed by atoms with Crippen LogP contribution in [0, 0.1) is 0 Å². The standard InChI is InChI=1S/C30H32N4O8/c1-19(33-27(37)21-7-3-4-8-22(21)28(33)38)25(35)31-11-15-41-17-13-32(14-18-42-16-12-31)26(36)20(2)34-29(39)23-9-5-6-10-24(23)30(34)40/h3-10,19-20H,11-18H2,1-2H3/t19-,20+. The molecule has 3 heterocycles. The lowest BCUT2D eigenvalue weighted by Gasteiger charge is -2.31. The smallest absolute Gasteiger partial charge is 0.262 e. The Kier molecular flexibility index (Phi) is 8.46. The van der Waals surface area contributed by atoms with Gasteiger partial charge >= 0.3 is 0 Å². The summed E-state index contributed by atoms with van der Waals surface area (Å²) < 4.78 is 11.5. The first kappa shape index (κ1) is 29.1. The minimum Gasteiger partial charge on any atom is -0.378 e. The first-order valence-corrected chi connectivity index (χ1v) is 13.9. The van der Waals surface area contributed by atoms with E-state index < -0.39 is 47.5 Å². The number of hydrogen-bond acceptors (Lipinski definition) is 8. The van der Waals surface area contributed by atoms with E-state index in [0.717, 1.165) is 9.80 Å². The van der Waals surface area contributed by atoms with Crippen LogP contribution in [0.3, 0.4) is 0 Å². The van der Waals surface area contributed by atoms with Crippen LogP contribution in [0.2, 0.25) is 0 Å². The van der Waals surface area contributed by atoms with Crippen LogP contribution in [-0.4, -0.2) is 120 Å². The summed E-state index contributed by atoms with van der Waals surface area (Å²) in [5, 5.41) is 0. The van der Waals surface area contributed by atoms with Gasteiger partial charge in [0.25, 0.3) is 23.6 Å². The first-order valence-electron chi connectivity index (χ1n) is 13.9. The zero-order chi connectivity index (χ0) is 30.0. The molecule has 1 saturated heterocycles. The van der Waals surface area contributed by atoms with E-state index in [1.807, 2.05) is 0 Å². The molecule has 1 fully saturated rings. The largest absolute Gasteiger partial charge is 0.378 e. The first-order chi connectivity index (χ1) is 20.2. The van der Waals surface area contributed by atoms with E-state index >= 15 is 0 Å². The van der Waals surface area contributed by atoms with Crippen LogP contribution in [0.1, 0.15) is 55.3 Å². The van der Waals surface area contributed by atoms with E-state index in [2.05, 4.69) is 0 Å². The second-order valence-electron chi connectivity index (χ2n) is 10.3. The van der Waals surface area contributed by atoms with Gasteiger partial charge in [0.1, 0.15) is 12.1 Å². The molecule has 0 spiro atoms. The SMILES string of the molecule is C[C@H](C(=O)N1CCOCCN(C(=O)[C@H](C)N2C(=O)c3ccccc3C2=O)CCOCC1)N1C(=O)c2ccccc2C1=O. The van der Waals surface area contributed by atoms with Gasteiger partial charge in [0.15, 0.2) is 0 Å². The summed E-state index contributed by atoms with van der Waals surface area (Å²) >= 11 is 0. The van der Waals surface area contributed by atoms with Gasteiger partial charge in [0.05, 0.1) is 48.7 Å². The summed E-state index contributed by atoms with van der Waals surface area (Å²) in [6.07, 6.45) is 0. The number of amides is 6. The van der Waals surface area contributed by atoms with E-state index in [-0.39, 0.29) is 74.9 Å². The van der Waals surface area contributed by atoms with Crippen LogP contribution in [-0.2, 0) is 19.1 Å². The molecular formula is C30H32N4O8. The summed E-state index contributed by atoms with van der Waals surface area (Å²) in [4.78, 5) is 83.2. The van der Waals surface area contributed by atoms with Gasteiger partial charge in [-0.05, 0) is 38.1 Å². The number of ether oxygens (including phenoxy) is 2. The second kappa shape index (κ2) is 12.2. The van der Waals surface area contributed by atoms with E-state index in [4.69, 9.17) is 9.47 Å². The Labute approximate surface area is 242 Å². The molecule has 12 nitrogen and oxygen atoms in total. The molecule has 0 unspecified atom stereocenters. The molecule has 2 aromatic rings. The minimum absolute atomic E-state index is 0.149. The molecule has 0 N–H and O–H groups in total. The third kappa shape index (κ3) is 5.30. The molecule has 3 aliphatic rings. The van der Waals surface area contributed by atoms with E-state index in [1.54, 1.807) is 48.5 Å². The van der Waals surface area contributed by atoms with Crippen molar-refractivity contribution in [1.29, 1.82) is 0 Å². The zero-order valence-electron chi connectivity index (χ0n) is 23.5. The Morgan fingerprint density at radius 1 is 0.548 bits per heavy atom. The molecule has 42 heavy (non-hydrogen) atoms. The molecule has 2 atom stereocenters. The topological polar surface area (TPSA) is 134 Å². The van der Waals surface area contributed by atoms with E-state index in [9.17, 15) is 28.8 Å². The van der Waals surface area contributed by atoms with Crippen LogP contribution < -0.4 is 0 Å². The predicted octanol–water partition coefficient (Wildman–Crippen LogP) is 1.06. The van der Waals surface area contributed by atoms with Crippen molar-refractivity contribution in [3.8, 4) is 0 Å². The fourth-order valence-electron chi connectivity index (χ4n) is 5.44. The number of benzene rings is 2. The maximum atomic E-state index is 13.4. The van der Waals surface area contributed by atoms with Crippen molar-refractivity contribution in [2.24, 2.45) is 0 Å². The van der Waals surface area contributed by atoms with Gasteiger partial charge in [0, 0.05) is 26.2 Å². The van der Waals surface area contributed by atoms with Gasteiger partial charge < -0.3 is 19.3 Å². The summed E-state index contributed by atoms with van der Waals surface area (Å²) in [5.41, 5.74) is 1.11. The Hall–Kier alpha value is -4.42. The number of rotatable bonds is 4. The normalized spacial score (nSPS) is 19.7. The van der Waals surface area contributed by atoms with Crippen molar-refractivity contribution < 1.29 is 38.2 Å². The molecule has 0 aliphatic carbocycles. The van der Waals surface area contributed by atoms with Gasteiger partial charge in [-0.25, -0.2) is 0 Å². The fraction of sp³-hybridized carbons (Fsp3) is 0.400. The summed E-state index contributed by atoms with van der Waals surface area (Å²) in [7, 11) is 0. The van der Waals surface area contributed by atoms with Gasteiger partial charge in [-0.15, -0.1) is 0 Å². The predicted molar refractivity (Wildman–Crippen MR) is 148 cm³/mol. The molecule has 5 rings (SSSR count). The van der Waals surface area contributed by atoms with Crippen LogP contribution in [0.15, 0.2) is 48.5 Å². The summed E-state index contributed by atoms with van der Waals surface area (Å²) in [5.74, 6) is -2.81. The number of nitrogens with zero attached hydrogens (tertiary/aromatic N) is 4. The number of carbonyl (C=O) groups excluding carboxylic acids is 6. The van der Waals surface area contributed by atoms with Crippen LogP contribution in [0.5, 0.6) is 0 Å². The Morgan fingerprint density at radius 3 is 1.07 bits per heavy atom. The van der Waals surface area contributed by atoms with Gasteiger partial charge in [-0.2, -0.15) is 0 Å². The highest BCUT2D eigenvalue weighted by Gasteiger charge is 2.43. The fourth-order valence-corrected chi connectivity index (χ4v) is 5.44. The molecule has 220 valence electrons. The van der Waals surface area contributed by atoms with Crippen molar-refractivity contribution >= 4 is 35.4 Å². The summed E-state index contributed by atoms with van der Waals surface area (Å²) in [6.45, 7) is 4.41. The van der Waals surface area contributed by atoms with Crippen molar-refractivity contribution in [2.75, 3.05) is 52.6 Å². The number of carbonyl (C=O) groups is 6. The van der Waals surface area contributed by atoms with Crippen LogP contribution in [0.4, 0.5) is 0 Å². The molecule has 3 aliphatic heterocycles. The quantitative estimate of drug-likeness (QED) is 0.494. The van der Waals surface area contributed by atoms with Crippen molar-refractivity contribution in [3.05, 3.63) is 70.8 Å². The average molecular weight is 577 g/mol. The molecule has 12 heteroatoms. The molecule has 0 radical (unpaired) electrons. The van der Waals surface area contributed by atoms with E-state index in [1.165, 1.54) is 23.6 Å². The number of imide groups is 2. The van der Waals surface area contributed by atoms with Gasteiger partial charge in [-0.1, -0.05) is 24.3 Å². The molecule has 6 amide bonds. The van der Waals surface area contributed by atoms with E-state index in [0.29, 0.717) is 0 Å². The average Bonchev–Trinajstić information content (AvgIpc) is 3.40. The van der Waals surface area contributed by atoms with Crippen LogP contribution in [0.25, 0.3) is 0 Å². The highest BCUT2D eigenvalue weighted by Crippen LogP contribution is 2.26. The van der Waals surface area contributed by atoms with Gasteiger partial charge in [0.2, 0.25) is 11.8 Å². The van der Waals surface area contributed by atoms with Gasteiger partial charge in [-0.3, -0.25) is 38.6 Å². The number of fused-ring (bicyclic) bond motifs is 2. The van der Waals surface area contributed by atoms with Crippen molar-refractivity contribution in [1.82, 2.24) is 19.6 Å². The lowest BCUT2D eigenvalue weighted by atomic mass is 10.1. The third-order valence-electron chi connectivity index (χ3n) is 7.79. The highest BCUT2D eigenvalue weighted by molar-refractivity contribution is 6.23. The second-order valence-corrected chi connectivity index (χ2v) is 10.3. The van der Waals surface area contributed by atoms with Crippen LogP contribution >= 0.6 is 0 Å². The Balaban J connectivity index is 1.17. The summed E-state index contributed by atoms with van der Waals surface area (Å²) in [6, 6.07) is 10.9. The van der Waals surface area contributed by atoms with Crippen molar-refractivity contribution in [2.45, 2.75) is 25.9 Å². The maximum absolute atomic E-state index is 13.4. The van der Waals surface area contributed by atoms with Crippen molar-refractivity contribution in [3.63, 3.8) is 0 Å². The molecule has 0 bridgehead atoms. The third-order valence-corrected chi connectivity index (χ3v) is 7.79. The highest BCUT2D eigenvalue weighted by atomic mass is 16.5. The molecule has 0 saturated carbocycles. The Morgan fingerprint density at radius 2 is 0.810 bits per heavy atom. The molecule has 0 aromatic heterocycles. The lowest BCUT2D eigenvalue weighted by molar-refractivity contribution is -0.138. The zero-order valence-corrected chi connectivity index (χ0v) is 23.5.